The van der Waals surface area contributed by atoms with Crippen molar-refractivity contribution in [3.63, 3.8) is 0 Å². The molecule has 1 amide bonds. The second-order valence-electron chi connectivity index (χ2n) is 3.65. The van der Waals surface area contributed by atoms with Crippen LogP contribution in [0.15, 0.2) is 18.2 Å². The standard InChI is InChI=1S/C12H14ClNO3/c1-7(14-8(2)15)10-5-4-9(6-11(10)13)12(16)17-3/h4-7H,1-3H3,(H,14,15). The molecule has 1 N–H and O–H groups in total. The molecule has 0 saturated carbocycles. The molecule has 0 aliphatic heterocycles. The van der Waals surface area contributed by atoms with E-state index >= 15 is 0 Å². The molecule has 1 aromatic rings. The Morgan fingerprint density at radius 2 is 2.06 bits per heavy atom. The van der Waals surface area contributed by atoms with Crippen LogP contribution in [-0.2, 0) is 9.53 Å². The molecule has 0 spiro atoms. The van der Waals surface area contributed by atoms with Crippen molar-refractivity contribution in [1.29, 1.82) is 0 Å². The fraction of sp³-hybridized carbons (Fsp3) is 0.333. The normalized spacial score (nSPS) is 11.8. The van der Waals surface area contributed by atoms with Gasteiger partial charge >= 0.3 is 5.97 Å². The monoisotopic (exact) mass is 255 g/mol. The minimum Gasteiger partial charge on any atom is -0.465 e. The summed E-state index contributed by atoms with van der Waals surface area (Å²) in [6.45, 7) is 3.26. The highest BCUT2D eigenvalue weighted by Crippen LogP contribution is 2.24. The zero-order chi connectivity index (χ0) is 13.0. The maximum atomic E-state index is 11.3. The van der Waals surface area contributed by atoms with Gasteiger partial charge in [0.05, 0.1) is 18.7 Å². The van der Waals surface area contributed by atoms with E-state index in [1.807, 2.05) is 6.92 Å². The van der Waals surface area contributed by atoms with Crippen molar-refractivity contribution >= 4 is 23.5 Å². The van der Waals surface area contributed by atoms with E-state index in [4.69, 9.17) is 11.6 Å². The van der Waals surface area contributed by atoms with Crippen LogP contribution in [0.4, 0.5) is 0 Å². The smallest absolute Gasteiger partial charge is 0.337 e. The lowest BCUT2D eigenvalue weighted by molar-refractivity contribution is -0.119. The van der Waals surface area contributed by atoms with Gasteiger partial charge < -0.3 is 10.1 Å². The zero-order valence-electron chi connectivity index (χ0n) is 9.91. The molecule has 1 unspecified atom stereocenters. The number of halogens is 1. The van der Waals surface area contributed by atoms with Gasteiger partial charge in [0, 0.05) is 11.9 Å². The quantitative estimate of drug-likeness (QED) is 0.844. The average molecular weight is 256 g/mol. The van der Waals surface area contributed by atoms with Crippen LogP contribution in [0.25, 0.3) is 0 Å². The average Bonchev–Trinajstić information content (AvgIpc) is 2.26. The lowest BCUT2D eigenvalue weighted by Crippen LogP contribution is -2.23. The lowest BCUT2D eigenvalue weighted by Gasteiger charge is -2.14. The van der Waals surface area contributed by atoms with Crippen LogP contribution < -0.4 is 5.32 Å². The molecule has 1 atom stereocenters. The number of amides is 1. The maximum absolute atomic E-state index is 11.3. The van der Waals surface area contributed by atoms with Crippen molar-refractivity contribution in [2.24, 2.45) is 0 Å². The summed E-state index contributed by atoms with van der Waals surface area (Å²) in [5, 5.41) is 3.15. The summed E-state index contributed by atoms with van der Waals surface area (Å²) in [6, 6.07) is 4.65. The highest BCUT2D eigenvalue weighted by molar-refractivity contribution is 6.31. The highest BCUT2D eigenvalue weighted by atomic mass is 35.5. The number of rotatable bonds is 3. The first-order valence-electron chi connectivity index (χ1n) is 5.10. The van der Waals surface area contributed by atoms with Gasteiger partial charge in [-0.3, -0.25) is 4.79 Å². The topological polar surface area (TPSA) is 55.4 Å². The van der Waals surface area contributed by atoms with E-state index in [2.05, 4.69) is 10.1 Å². The van der Waals surface area contributed by atoms with E-state index in [1.165, 1.54) is 20.1 Å². The van der Waals surface area contributed by atoms with Crippen molar-refractivity contribution in [1.82, 2.24) is 5.32 Å². The number of esters is 1. The van der Waals surface area contributed by atoms with E-state index in [0.29, 0.717) is 10.6 Å². The molecule has 0 aromatic heterocycles. The summed E-state index contributed by atoms with van der Waals surface area (Å²) in [7, 11) is 1.31. The van der Waals surface area contributed by atoms with Crippen molar-refractivity contribution in [2.45, 2.75) is 19.9 Å². The SMILES string of the molecule is COC(=O)c1ccc(C(C)NC(C)=O)c(Cl)c1. The number of hydrogen-bond donors (Lipinski definition) is 1. The van der Waals surface area contributed by atoms with Crippen LogP contribution in [0, 0.1) is 0 Å². The van der Waals surface area contributed by atoms with Gasteiger partial charge in [-0.15, -0.1) is 0 Å². The molecule has 4 nitrogen and oxygen atoms in total. The molecule has 0 heterocycles. The van der Waals surface area contributed by atoms with Gasteiger partial charge in [0.15, 0.2) is 0 Å². The molecule has 0 saturated heterocycles. The Morgan fingerprint density at radius 1 is 1.41 bits per heavy atom. The minimum absolute atomic E-state index is 0.134. The Balaban J connectivity index is 2.97. The first-order valence-corrected chi connectivity index (χ1v) is 5.48. The minimum atomic E-state index is -0.439. The molecule has 1 rings (SSSR count). The molecule has 92 valence electrons. The van der Waals surface area contributed by atoms with Crippen LogP contribution in [-0.4, -0.2) is 19.0 Å². The molecule has 0 bridgehead atoms. The third-order valence-electron chi connectivity index (χ3n) is 2.31. The third kappa shape index (κ3) is 3.46. The lowest BCUT2D eigenvalue weighted by atomic mass is 10.1. The van der Waals surface area contributed by atoms with Gasteiger partial charge in [0.2, 0.25) is 5.91 Å². The molecule has 5 heteroatoms. The number of nitrogens with one attached hydrogen (secondary N) is 1. The molecule has 0 aliphatic carbocycles. The first-order chi connectivity index (χ1) is 7.95. The number of hydrogen-bond acceptors (Lipinski definition) is 3. The molecule has 0 fully saturated rings. The largest absolute Gasteiger partial charge is 0.465 e. The Kier molecular flexibility index (Phi) is 4.52. The van der Waals surface area contributed by atoms with Crippen LogP contribution in [0.1, 0.15) is 35.8 Å². The summed E-state index contributed by atoms with van der Waals surface area (Å²) in [5.41, 5.74) is 1.14. The Bertz CT molecular complexity index is 445. The van der Waals surface area contributed by atoms with Gasteiger partial charge in [-0.05, 0) is 24.6 Å². The Labute approximate surface area is 105 Å². The van der Waals surface area contributed by atoms with Crippen LogP contribution >= 0.6 is 11.6 Å². The van der Waals surface area contributed by atoms with Gasteiger partial charge in [0.25, 0.3) is 0 Å². The number of benzene rings is 1. The van der Waals surface area contributed by atoms with Gasteiger partial charge in [-0.1, -0.05) is 17.7 Å². The zero-order valence-corrected chi connectivity index (χ0v) is 10.7. The molecule has 0 aliphatic rings. The van der Waals surface area contributed by atoms with Crippen LogP contribution in [0.3, 0.4) is 0 Å². The first kappa shape index (κ1) is 13.5. The van der Waals surface area contributed by atoms with Crippen LogP contribution in [0.2, 0.25) is 5.02 Å². The predicted molar refractivity (Wildman–Crippen MR) is 65.0 cm³/mol. The predicted octanol–water partition coefficient (Wildman–Crippen LogP) is 2.32. The fourth-order valence-electron chi connectivity index (χ4n) is 1.51. The summed E-state index contributed by atoms with van der Waals surface area (Å²) < 4.78 is 4.59. The molecular formula is C12H14ClNO3. The van der Waals surface area contributed by atoms with Gasteiger partial charge in [-0.25, -0.2) is 4.79 Å². The molecule has 1 aromatic carbocycles. The van der Waals surface area contributed by atoms with Crippen molar-refractivity contribution in [2.75, 3.05) is 7.11 Å². The Hall–Kier alpha value is -1.55. The molecular weight excluding hydrogens is 242 g/mol. The molecule has 0 radical (unpaired) electrons. The summed E-state index contributed by atoms with van der Waals surface area (Å²) in [5.74, 6) is -0.573. The summed E-state index contributed by atoms with van der Waals surface area (Å²) in [4.78, 5) is 22.2. The number of carbonyl (C=O) groups is 2. The number of carbonyl (C=O) groups excluding carboxylic acids is 2. The number of ether oxygens (including phenoxy) is 1. The van der Waals surface area contributed by atoms with Crippen molar-refractivity contribution < 1.29 is 14.3 Å². The maximum Gasteiger partial charge on any atom is 0.337 e. The van der Waals surface area contributed by atoms with E-state index in [0.717, 1.165) is 5.56 Å². The second-order valence-corrected chi connectivity index (χ2v) is 4.06. The fourth-order valence-corrected chi connectivity index (χ4v) is 1.85. The van der Waals surface area contributed by atoms with Gasteiger partial charge in [0.1, 0.15) is 0 Å². The van der Waals surface area contributed by atoms with Crippen molar-refractivity contribution in [3.05, 3.63) is 34.3 Å². The third-order valence-corrected chi connectivity index (χ3v) is 2.64. The van der Waals surface area contributed by atoms with E-state index in [-0.39, 0.29) is 11.9 Å². The van der Waals surface area contributed by atoms with Gasteiger partial charge in [-0.2, -0.15) is 0 Å². The number of methoxy groups -OCH3 is 1. The second kappa shape index (κ2) is 5.68. The van der Waals surface area contributed by atoms with E-state index in [1.54, 1.807) is 12.1 Å². The summed E-state index contributed by atoms with van der Waals surface area (Å²) in [6.07, 6.45) is 0. The summed E-state index contributed by atoms with van der Waals surface area (Å²) >= 11 is 6.05. The van der Waals surface area contributed by atoms with Crippen molar-refractivity contribution in [3.8, 4) is 0 Å². The van der Waals surface area contributed by atoms with E-state index in [9.17, 15) is 9.59 Å². The highest BCUT2D eigenvalue weighted by Gasteiger charge is 2.13. The molecule has 17 heavy (non-hydrogen) atoms. The Morgan fingerprint density at radius 3 is 2.53 bits per heavy atom. The van der Waals surface area contributed by atoms with Crippen LogP contribution in [0.5, 0.6) is 0 Å². The van der Waals surface area contributed by atoms with E-state index < -0.39 is 5.97 Å².